The Kier molecular flexibility index (Phi) is 8.41. The van der Waals surface area contributed by atoms with Crippen LogP contribution in [0.3, 0.4) is 0 Å². The van der Waals surface area contributed by atoms with Gasteiger partial charge in [-0.2, -0.15) is 0 Å². The van der Waals surface area contributed by atoms with Crippen LogP contribution in [-0.4, -0.2) is 119 Å². The number of phenolic OH excluding ortho intramolecular Hbond substituents is 3. The van der Waals surface area contributed by atoms with Gasteiger partial charge in [0.2, 0.25) is 23.2 Å². The lowest BCUT2D eigenvalue weighted by Gasteiger charge is -2.42. The topological polar surface area (TPSA) is 269 Å². The molecule has 0 saturated carbocycles. The summed E-state index contributed by atoms with van der Waals surface area (Å²) in [5.74, 6) is -3.98. The van der Waals surface area contributed by atoms with Crippen molar-refractivity contribution in [3.8, 4) is 40.1 Å². The van der Waals surface area contributed by atoms with E-state index in [-0.39, 0.29) is 22.7 Å². The molecule has 16 nitrogen and oxygen atoms in total. The summed E-state index contributed by atoms with van der Waals surface area (Å²) in [5, 5.41) is 102. The Hall–Kier alpha value is -3.71. The molecule has 0 radical (unpaired) electrons. The highest BCUT2D eigenvalue weighted by Gasteiger charge is 2.47. The van der Waals surface area contributed by atoms with E-state index >= 15 is 0 Å². The Labute approximate surface area is 241 Å². The minimum Gasteiger partial charge on any atom is -0.508 e. The third-order valence-corrected chi connectivity index (χ3v) is 7.35. The van der Waals surface area contributed by atoms with Crippen molar-refractivity contribution in [2.45, 2.75) is 68.3 Å². The van der Waals surface area contributed by atoms with Gasteiger partial charge in [-0.25, -0.2) is 0 Å². The number of aliphatic hydroxyl groups is 6. The summed E-state index contributed by atoms with van der Waals surface area (Å²) >= 11 is 0. The summed E-state index contributed by atoms with van der Waals surface area (Å²) < 4.78 is 27.4. The summed E-state index contributed by atoms with van der Waals surface area (Å²) in [4.78, 5) is 12.9. The highest BCUT2D eigenvalue weighted by atomic mass is 16.7. The van der Waals surface area contributed by atoms with Crippen LogP contribution in [0.15, 0.2) is 39.5 Å². The second-order valence-corrected chi connectivity index (χ2v) is 10.2. The van der Waals surface area contributed by atoms with Crippen LogP contribution in [0.5, 0.6) is 28.7 Å². The fraction of sp³-hybridized carbons (Fsp3) is 0.444. The van der Waals surface area contributed by atoms with Crippen LogP contribution >= 0.6 is 0 Å². The molecule has 2 aromatic carbocycles. The van der Waals surface area contributed by atoms with Crippen molar-refractivity contribution in [1.82, 2.24) is 0 Å². The molecule has 0 amide bonds. The second kappa shape index (κ2) is 11.8. The zero-order valence-corrected chi connectivity index (χ0v) is 22.3. The van der Waals surface area contributed by atoms with Crippen LogP contribution in [0.4, 0.5) is 0 Å². The SMILES string of the molecule is CC1OC(OCC2OC(Oc3cc4oc(-c5ccc(O)cc5)c(O)c(=O)c4c(O)c3O)C(O)C(O)C2O)C(O)C(O)C1O. The third kappa shape index (κ3) is 5.55. The molecule has 43 heavy (non-hydrogen) atoms. The Morgan fingerprint density at radius 2 is 1.37 bits per heavy atom. The molecule has 2 saturated heterocycles. The van der Waals surface area contributed by atoms with Crippen molar-refractivity contribution in [2.75, 3.05) is 6.61 Å². The Bertz CT molecular complexity index is 1520. The van der Waals surface area contributed by atoms with Crippen LogP contribution in [-0.2, 0) is 14.2 Å². The molecule has 2 fully saturated rings. The largest absolute Gasteiger partial charge is 0.508 e. The molecule has 234 valence electrons. The summed E-state index contributed by atoms with van der Waals surface area (Å²) in [6, 6.07) is 6.19. The highest BCUT2D eigenvalue weighted by Crippen LogP contribution is 2.44. The molecule has 3 aromatic rings. The van der Waals surface area contributed by atoms with Gasteiger partial charge in [0.05, 0.1) is 12.7 Å². The number of aromatic hydroxyl groups is 4. The van der Waals surface area contributed by atoms with E-state index in [0.717, 1.165) is 6.07 Å². The van der Waals surface area contributed by atoms with Crippen LogP contribution in [0.2, 0.25) is 0 Å². The first-order valence-corrected chi connectivity index (χ1v) is 13.0. The number of hydrogen-bond acceptors (Lipinski definition) is 16. The molecular weight excluding hydrogens is 580 g/mol. The van der Waals surface area contributed by atoms with Crippen molar-refractivity contribution in [2.24, 2.45) is 0 Å². The van der Waals surface area contributed by atoms with Crippen molar-refractivity contribution < 1.29 is 74.4 Å². The van der Waals surface area contributed by atoms with E-state index in [1.54, 1.807) is 0 Å². The smallest absolute Gasteiger partial charge is 0.238 e. The van der Waals surface area contributed by atoms with E-state index < -0.39 is 102 Å². The number of fused-ring (bicyclic) bond motifs is 1. The van der Waals surface area contributed by atoms with Crippen molar-refractivity contribution in [3.05, 3.63) is 40.6 Å². The Morgan fingerprint density at radius 1 is 0.744 bits per heavy atom. The van der Waals surface area contributed by atoms with Gasteiger partial charge in [-0.1, -0.05) is 0 Å². The van der Waals surface area contributed by atoms with E-state index in [0.29, 0.717) is 0 Å². The molecule has 0 spiro atoms. The van der Waals surface area contributed by atoms with Gasteiger partial charge in [0.15, 0.2) is 23.5 Å². The van der Waals surface area contributed by atoms with Crippen molar-refractivity contribution in [3.63, 3.8) is 0 Å². The minimum atomic E-state index is -1.92. The molecule has 1 aromatic heterocycles. The number of ether oxygens (including phenoxy) is 4. The third-order valence-electron chi connectivity index (χ3n) is 7.35. The normalized spacial score (nSPS) is 33.0. The number of phenols is 3. The maximum atomic E-state index is 12.9. The highest BCUT2D eigenvalue weighted by molar-refractivity contribution is 5.91. The molecule has 16 heteroatoms. The number of benzene rings is 2. The van der Waals surface area contributed by atoms with Crippen LogP contribution in [0.25, 0.3) is 22.3 Å². The molecule has 10 N–H and O–H groups in total. The van der Waals surface area contributed by atoms with Crippen LogP contribution in [0.1, 0.15) is 6.92 Å². The van der Waals surface area contributed by atoms with Crippen LogP contribution in [0, 0.1) is 0 Å². The lowest BCUT2D eigenvalue weighted by Crippen LogP contribution is -2.61. The average molecular weight is 611 g/mol. The van der Waals surface area contributed by atoms with Gasteiger partial charge in [0.1, 0.15) is 59.4 Å². The first-order valence-electron chi connectivity index (χ1n) is 13.0. The van der Waals surface area contributed by atoms with Gasteiger partial charge in [-0.15, -0.1) is 0 Å². The minimum absolute atomic E-state index is 0.0972. The molecule has 5 rings (SSSR count). The first-order chi connectivity index (χ1) is 20.3. The van der Waals surface area contributed by atoms with Gasteiger partial charge in [-0.05, 0) is 31.2 Å². The van der Waals surface area contributed by atoms with Gasteiger partial charge in [-0.3, -0.25) is 4.79 Å². The summed E-state index contributed by atoms with van der Waals surface area (Å²) in [6.07, 6.45) is -15.9. The fourth-order valence-electron chi connectivity index (χ4n) is 4.81. The predicted molar refractivity (Wildman–Crippen MR) is 140 cm³/mol. The van der Waals surface area contributed by atoms with E-state index in [1.165, 1.54) is 31.2 Å². The monoisotopic (exact) mass is 610 g/mol. The zero-order chi connectivity index (χ0) is 31.3. The number of hydrogen-bond donors (Lipinski definition) is 10. The molecule has 0 aliphatic carbocycles. The quantitative estimate of drug-likeness (QED) is 0.140. The summed E-state index contributed by atoms with van der Waals surface area (Å²) in [7, 11) is 0. The summed E-state index contributed by atoms with van der Waals surface area (Å²) in [5.41, 5.74) is -1.30. The molecule has 2 aliphatic rings. The Morgan fingerprint density at radius 3 is 2.05 bits per heavy atom. The molecule has 3 heterocycles. The average Bonchev–Trinajstić information content (AvgIpc) is 2.98. The predicted octanol–water partition coefficient (Wildman–Crippen LogP) is -1.69. The maximum Gasteiger partial charge on any atom is 0.238 e. The van der Waals surface area contributed by atoms with Gasteiger partial charge in [0.25, 0.3) is 0 Å². The van der Waals surface area contributed by atoms with Gasteiger partial charge in [0, 0.05) is 11.6 Å². The standard InChI is InChI=1S/C27H30O16/c1-8-15(29)20(34)23(37)26(40-8)39-7-13-17(31)21(35)24(38)27(43-13)42-12-6-11-14(18(32)16(12)30)19(33)22(36)25(41-11)9-2-4-10(28)5-3-9/h2-6,8,13,15,17,20-21,23-24,26-32,34-38H,7H2,1H3. The molecule has 2 aliphatic heterocycles. The van der Waals surface area contributed by atoms with Crippen molar-refractivity contribution in [1.29, 1.82) is 0 Å². The van der Waals surface area contributed by atoms with Crippen molar-refractivity contribution >= 4 is 11.0 Å². The van der Waals surface area contributed by atoms with Crippen LogP contribution < -0.4 is 10.2 Å². The lowest BCUT2D eigenvalue weighted by atomic mass is 9.98. The van der Waals surface area contributed by atoms with E-state index in [9.17, 15) is 55.9 Å². The fourth-order valence-corrected chi connectivity index (χ4v) is 4.81. The number of rotatable bonds is 6. The molecular formula is C27H30O16. The van der Waals surface area contributed by atoms with E-state index in [2.05, 4.69) is 0 Å². The summed E-state index contributed by atoms with van der Waals surface area (Å²) in [6.45, 7) is 0.843. The molecule has 0 bridgehead atoms. The van der Waals surface area contributed by atoms with Gasteiger partial charge >= 0.3 is 0 Å². The number of aliphatic hydroxyl groups excluding tert-OH is 6. The van der Waals surface area contributed by atoms with E-state index in [4.69, 9.17) is 23.4 Å². The molecule has 10 atom stereocenters. The second-order valence-electron chi connectivity index (χ2n) is 10.2. The Balaban J connectivity index is 1.41. The van der Waals surface area contributed by atoms with Gasteiger partial charge < -0.3 is 74.4 Å². The first kappa shape index (κ1) is 30.7. The molecule has 10 unspecified atom stereocenters. The zero-order valence-electron chi connectivity index (χ0n) is 22.3. The maximum absolute atomic E-state index is 12.9. The lowest BCUT2D eigenvalue weighted by molar-refractivity contribution is -0.318. The van der Waals surface area contributed by atoms with E-state index in [1.807, 2.05) is 0 Å².